The van der Waals surface area contributed by atoms with Crippen LogP contribution in [0.2, 0.25) is 0 Å². The fraction of sp³-hybridized carbons (Fsp3) is 0.529. The first-order valence-electron chi connectivity index (χ1n) is 8.13. The van der Waals surface area contributed by atoms with Gasteiger partial charge in [-0.25, -0.2) is 4.79 Å². The monoisotopic (exact) mass is 317 g/mol. The minimum absolute atomic E-state index is 0.221. The lowest BCUT2D eigenvalue weighted by Gasteiger charge is -2.24. The number of urea groups is 1. The number of aliphatic carboxylic acids is 1. The van der Waals surface area contributed by atoms with Crippen LogP contribution >= 0.6 is 0 Å². The largest absolute Gasteiger partial charge is 0.481 e. The second-order valence-corrected chi connectivity index (χ2v) is 6.68. The quantitative estimate of drug-likeness (QED) is 0.899. The zero-order valence-corrected chi connectivity index (χ0v) is 13.4. The lowest BCUT2D eigenvalue weighted by Crippen LogP contribution is -2.37. The lowest BCUT2D eigenvalue weighted by atomic mass is 9.90. The van der Waals surface area contributed by atoms with Crippen molar-refractivity contribution in [3.63, 3.8) is 0 Å². The van der Waals surface area contributed by atoms with Crippen molar-refractivity contribution in [2.45, 2.75) is 26.2 Å². The van der Waals surface area contributed by atoms with Crippen molar-refractivity contribution in [3.8, 4) is 0 Å². The van der Waals surface area contributed by atoms with E-state index >= 15 is 0 Å². The van der Waals surface area contributed by atoms with E-state index in [9.17, 15) is 14.7 Å². The molecule has 6 nitrogen and oxygen atoms in total. The van der Waals surface area contributed by atoms with Crippen LogP contribution in [-0.2, 0) is 4.79 Å². The minimum atomic E-state index is -0.842. The third-order valence-corrected chi connectivity index (χ3v) is 4.87. The molecule has 2 amide bonds. The minimum Gasteiger partial charge on any atom is -0.481 e. The summed E-state index contributed by atoms with van der Waals surface area (Å²) in [6, 6.07) is 7.58. The van der Waals surface area contributed by atoms with Crippen molar-refractivity contribution in [2.75, 3.05) is 36.4 Å². The molecule has 3 rings (SSSR count). The molecule has 2 saturated heterocycles. The molecule has 0 spiro atoms. The predicted octanol–water partition coefficient (Wildman–Crippen LogP) is 2.62. The molecule has 23 heavy (non-hydrogen) atoms. The first-order chi connectivity index (χ1) is 11.0. The van der Waals surface area contributed by atoms with E-state index in [1.54, 1.807) is 11.8 Å². The summed E-state index contributed by atoms with van der Waals surface area (Å²) >= 11 is 0. The van der Waals surface area contributed by atoms with Crippen LogP contribution in [0, 0.1) is 5.41 Å². The third kappa shape index (κ3) is 3.11. The van der Waals surface area contributed by atoms with Gasteiger partial charge in [-0.05, 0) is 38.3 Å². The SMILES string of the molecule is CC1(C(=O)O)CCN(C(=O)Nc2ccccc2N2CCCC2)C1. The molecule has 2 aliphatic rings. The number of carboxylic acid groups (broad SMARTS) is 1. The Kier molecular flexibility index (Phi) is 4.15. The Hall–Kier alpha value is -2.24. The molecule has 0 radical (unpaired) electrons. The van der Waals surface area contributed by atoms with E-state index in [1.165, 1.54) is 12.8 Å². The average Bonchev–Trinajstić information content (AvgIpc) is 3.18. The topological polar surface area (TPSA) is 72.9 Å². The summed E-state index contributed by atoms with van der Waals surface area (Å²) in [5, 5.41) is 12.2. The summed E-state index contributed by atoms with van der Waals surface area (Å²) < 4.78 is 0. The summed E-state index contributed by atoms with van der Waals surface area (Å²) in [5.41, 5.74) is 0.994. The van der Waals surface area contributed by atoms with Crippen molar-refractivity contribution in [3.05, 3.63) is 24.3 Å². The summed E-state index contributed by atoms with van der Waals surface area (Å²) in [4.78, 5) is 27.7. The zero-order valence-electron chi connectivity index (χ0n) is 13.4. The molecule has 0 saturated carbocycles. The number of carbonyl (C=O) groups excluding carboxylic acids is 1. The van der Waals surface area contributed by atoms with Crippen molar-refractivity contribution in [1.29, 1.82) is 0 Å². The number of carboxylic acids is 1. The van der Waals surface area contributed by atoms with E-state index < -0.39 is 11.4 Å². The maximum absolute atomic E-state index is 12.5. The van der Waals surface area contributed by atoms with Gasteiger partial charge in [-0.3, -0.25) is 4.79 Å². The second kappa shape index (κ2) is 6.10. The molecular formula is C17H23N3O3. The number of benzene rings is 1. The maximum atomic E-state index is 12.5. The van der Waals surface area contributed by atoms with Gasteiger partial charge in [0.05, 0.1) is 16.8 Å². The number of anilines is 2. The Balaban J connectivity index is 1.70. The van der Waals surface area contributed by atoms with E-state index in [2.05, 4.69) is 10.2 Å². The van der Waals surface area contributed by atoms with Gasteiger partial charge in [0, 0.05) is 26.2 Å². The number of carbonyl (C=O) groups is 2. The van der Waals surface area contributed by atoms with Crippen LogP contribution in [0.25, 0.3) is 0 Å². The van der Waals surface area contributed by atoms with E-state index in [4.69, 9.17) is 0 Å². The molecule has 1 aromatic rings. The number of hydrogen-bond donors (Lipinski definition) is 2. The van der Waals surface area contributed by atoms with Crippen LogP contribution in [0.3, 0.4) is 0 Å². The normalized spacial score (nSPS) is 24.0. The summed E-state index contributed by atoms with van der Waals surface area (Å²) in [6.45, 7) is 4.43. The fourth-order valence-corrected chi connectivity index (χ4v) is 3.32. The van der Waals surface area contributed by atoms with Crippen molar-refractivity contribution in [2.24, 2.45) is 5.41 Å². The van der Waals surface area contributed by atoms with Crippen LogP contribution in [0.4, 0.5) is 16.2 Å². The summed E-state index contributed by atoms with van der Waals surface area (Å²) in [7, 11) is 0. The van der Waals surface area contributed by atoms with Gasteiger partial charge in [0.1, 0.15) is 0 Å². The highest BCUT2D eigenvalue weighted by atomic mass is 16.4. The van der Waals surface area contributed by atoms with E-state index in [0.29, 0.717) is 13.0 Å². The first-order valence-corrected chi connectivity index (χ1v) is 8.13. The van der Waals surface area contributed by atoms with Gasteiger partial charge in [0.25, 0.3) is 0 Å². The fourth-order valence-electron chi connectivity index (χ4n) is 3.32. The van der Waals surface area contributed by atoms with Crippen LogP contribution in [-0.4, -0.2) is 48.2 Å². The van der Waals surface area contributed by atoms with Crippen LogP contribution in [0.1, 0.15) is 26.2 Å². The van der Waals surface area contributed by atoms with Crippen LogP contribution in [0.5, 0.6) is 0 Å². The Bertz CT molecular complexity index is 613. The molecule has 0 aromatic heterocycles. The van der Waals surface area contributed by atoms with E-state index in [0.717, 1.165) is 24.5 Å². The number of rotatable bonds is 3. The highest BCUT2D eigenvalue weighted by Crippen LogP contribution is 2.32. The van der Waals surface area contributed by atoms with Gasteiger partial charge >= 0.3 is 12.0 Å². The molecule has 124 valence electrons. The molecule has 0 aliphatic carbocycles. The van der Waals surface area contributed by atoms with Gasteiger partial charge in [0.15, 0.2) is 0 Å². The Labute approximate surface area is 136 Å². The Morgan fingerprint density at radius 2 is 1.87 bits per heavy atom. The van der Waals surface area contributed by atoms with Crippen LogP contribution in [0.15, 0.2) is 24.3 Å². The molecule has 2 N–H and O–H groups in total. The predicted molar refractivity (Wildman–Crippen MR) is 88.8 cm³/mol. The molecule has 2 aliphatic heterocycles. The molecule has 1 aromatic carbocycles. The van der Waals surface area contributed by atoms with Crippen molar-refractivity contribution < 1.29 is 14.7 Å². The van der Waals surface area contributed by atoms with Gasteiger partial charge in [-0.15, -0.1) is 0 Å². The number of nitrogens with one attached hydrogen (secondary N) is 1. The molecule has 1 unspecified atom stereocenters. The average molecular weight is 317 g/mol. The third-order valence-electron chi connectivity index (χ3n) is 4.87. The molecule has 0 bridgehead atoms. The smallest absolute Gasteiger partial charge is 0.321 e. The maximum Gasteiger partial charge on any atom is 0.321 e. The van der Waals surface area contributed by atoms with E-state index in [-0.39, 0.29) is 12.6 Å². The van der Waals surface area contributed by atoms with E-state index in [1.807, 2.05) is 24.3 Å². The Morgan fingerprint density at radius 3 is 2.52 bits per heavy atom. The van der Waals surface area contributed by atoms with Gasteiger partial charge in [-0.2, -0.15) is 0 Å². The molecule has 2 fully saturated rings. The van der Waals surface area contributed by atoms with Crippen molar-refractivity contribution >= 4 is 23.4 Å². The lowest BCUT2D eigenvalue weighted by molar-refractivity contribution is -0.146. The molecule has 2 heterocycles. The Morgan fingerprint density at radius 1 is 1.17 bits per heavy atom. The molecule has 1 atom stereocenters. The molecular weight excluding hydrogens is 294 g/mol. The number of hydrogen-bond acceptors (Lipinski definition) is 3. The van der Waals surface area contributed by atoms with Gasteiger partial charge < -0.3 is 20.2 Å². The first kappa shape index (κ1) is 15.6. The summed E-state index contributed by atoms with van der Waals surface area (Å²) in [5.74, 6) is -0.842. The second-order valence-electron chi connectivity index (χ2n) is 6.68. The number of para-hydroxylation sites is 2. The standard InChI is InChI=1S/C17H23N3O3/c1-17(15(21)22)8-11-20(12-17)16(23)18-13-6-2-3-7-14(13)19-9-4-5-10-19/h2-3,6-7H,4-5,8-12H2,1H3,(H,18,23)(H,21,22). The van der Waals surface area contributed by atoms with Crippen LogP contribution < -0.4 is 10.2 Å². The highest BCUT2D eigenvalue weighted by molar-refractivity contribution is 5.94. The molecule has 6 heteroatoms. The zero-order chi connectivity index (χ0) is 16.4. The number of nitrogens with zero attached hydrogens (tertiary/aromatic N) is 2. The van der Waals surface area contributed by atoms with Gasteiger partial charge in [0.2, 0.25) is 0 Å². The highest BCUT2D eigenvalue weighted by Gasteiger charge is 2.42. The summed E-state index contributed by atoms with van der Waals surface area (Å²) in [6.07, 6.45) is 2.83. The number of amides is 2. The number of likely N-dealkylation sites (tertiary alicyclic amines) is 1. The van der Waals surface area contributed by atoms with Gasteiger partial charge in [-0.1, -0.05) is 12.1 Å². The van der Waals surface area contributed by atoms with Crippen molar-refractivity contribution in [1.82, 2.24) is 4.90 Å².